The van der Waals surface area contributed by atoms with Gasteiger partial charge in [-0.05, 0) is 37.5 Å². The molecule has 2 rings (SSSR count). The Kier molecular flexibility index (Phi) is 4.77. The summed E-state index contributed by atoms with van der Waals surface area (Å²) in [6.45, 7) is 2.02. The average Bonchev–Trinajstić information content (AvgIpc) is 2.48. The molecule has 1 atom stereocenters. The number of nitrogens with two attached hydrogens (primary N) is 1. The minimum absolute atomic E-state index is 0.0153. The van der Waals surface area contributed by atoms with Gasteiger partial charge in [-0.3, -0.25) is 10.1 Å². The lowest BCUT2D eigenvalue weighted by Crippen LogP contribution is -2.17. The number of aryl methyl sites for hydroxylation is 1. The van der Waals surface area contributed by atoms with Gasteiger partial charge in [0.15, 0.2) is 0 Å². The summed E-state index contributed by atoms with van der Waals surface area (Å²) in [5.74, 6) is 0. The highest BCUT2D eigenvalue weighted by molar-refractivity contribution is 5.67. The molecule has 0 radical (unpaired) electrons. The van der Waals surface area contributed by atoms with Gasteiger partial charge in [0, 0.05) is 17.8 Å². The van der Waals surface area contributed by atoms with Gasteiger partial charge in [-0.1, -0.05) is 30.3 Å². The zero-order chi connectivity index (χ0) is 15.2. The van der Waals surface area contributed by atoms with Crippen molar-refractivity contribution in [2.45, 2.75) is 25.8 Å². The van der Waals surface area contributed by atoms with Crippen molar-refractivity contribution in [1.29, 1.82) is 0 Å². The van der Waals surface area contributed by atoms with E-state index in [-0.39, 0.29) is 11.7 Å². The van der Waals surface area contributed by atoms with Gasteiger partial charge >= 0.3 is 0 Å². The first-order valence-electron chi connectivity index (χ1n) is 6.90. The fourth-order valence-electron chi connectivity index (χ4n) is 2.19. The lowest BCUT2D eigenvalue weighted by Gasteiger charge is -2.15. The summed E-state index contributed by atoms with van der Waals surface area (Å²) in [4.78, 5) is 10.6. The Bertz CT molecular complexity index is 614. The second kappa shape index (κ2) is 6.74. The number of nitrogens with one attached hydrogen (secondary N) is 1. The van der Waals surface area contributed by atoms with E-state index in [4.69, 9.17) is 5.73 Å². The number of nitro benzene ring substituents is 1. The molecule has 21 heavy (non-hydrogen) atoms. The maximum atomic E-state index is 11.0. The van der Waals surface area contributed by atoms with Crippen LogP contribution in [0.25, 0.3) is 0 Å². The number of hydrogen-bond donors (Lipinski definition) is 2. The first-order chi connectivity index (χ1) is 10.1. The van der Waals surface area contributed by atoms with Crippen LogP contribution < -0.4 is 11.1 Å². The van der Waals surface area contributed by atoms with E-state index in [9.17, 15) is 10.1 Å². The van der Waals surface area contributed by atoms with Crippen LogP contribution in [-0.2, 0) is 6.42 Å². The zero-order valence-electron chi connectivity index (χ0n) is 12.0. The number of anilines is 2. The molecule has 1 unspecified atom stereocenters. The van der Waals surface area contributed by atoms with E-state index < -0.39 is 4.92 Å². The Morgan fingerprint density at radius 1 is 1.24 bits per heavy atom. The molecule has 0 aliphatic rings. The molecule has 0 saturated carbocycles. The van der Waals surface area contributed by atoms with Gasteiger partial charge in [0.25, 0.3) is 5.69 Å². The monoisotopic (exact) mass is 285 g/mol. The summed E-state index contributed by atoms with van der Waals surface area (Å²) in [5.41, 5.74) is 7.78. The largest absolute Gasteiger partial charge is 0.399 e. The molecule has 3 N–H and O–H groups in total. The number of rotatable bonds is 6. The van der Waals surface area contributed by atoms with Gasteiger partial charge in [-0.25, -0.2) is 0 Å². The number of nitrogen functional groups attached to an aromatic ring is 1. The normalized spacial score (nSPS) is 11.9. The Morgan fingerprint density at radius 3 is 2.62 bits per heavy atom. The number of nitro groups is 1. The molecule has 0 aliphatic carbocycles. The van der Waals surface area contributed by atoms with Crippen molar-refractivity contribution in [3.05, 3.63) is 64.2 Å². The van der Waals surface area contributed by atoms with Crippen LogP contribution in [0.3, 0.4) is 0 Å². The average molecular weight is 285 g/mol. The molecular formula is C16H19N3O2. The summed E-state index contributed by atoms with van der Waals surface area (Å²) in [5, 5.41) is 14.2. The van der Waals surface area contributed by atoms with Crippen LogP contribution in [0.15, 0.2) is 48.5 Å². The third-order valence-electron chi connectivity index (χ3n) is 3.33. The molecule has 0 aromatic heterocycles. The molecule has 0 spiro atoms. The molecular weight excluding hydrogens is 266 g/mol. The van der Waals surface area contributed by atoms with Crippen LogP contribution >= 0.6 is 0 Å². The SMILES string of the molecule is CC(CCc1ccccc1)Nc1ccc(N)cc1[N+](=O)[O-]. The second-order valence-corrected chi connectivity index (χ2v) is 5.10. The standard InChI is InChI=1S/C16H19N3O2/c1-12(7-8-13-5-3-2-4-6-13)18-15-10-9-14(17)11-16(15)19(20)21/h2-6,9-12,18H,7-8,17H2,1H3. The molecule has 110 valence electrons. The van der Waals surface area contributed by atoms with E-state index in [1.54, 1.807) is 12.1 Å². The zero-order valence-corrected chi connectivity index (χ0v) is 12.0. The van der Waals surface area contributed by atoms with Crippen LogP contribution in [0.2, 0.25) is 0 Å². The highest BCUT2D eigenvalue weighted by Gasteiger charge is 2.15. The van der Waals surface area contributed by atoms with Crippen LogP contribution in [0.4, 0.5) is 17.1 Å². The van der Waals surface area contributed by atoms with Gasteiger partial charge in [-0.2, -0.15) is 0 Å². The Balaban J connectivity index is 1.99. The van der Waals surface area contributed by atoms with Crippen molar-refractivity contribution in [2.75, 3.05) is 11.1 Å². The minimum Gasteiger partial charge on any atom is -0.399 e. The molecule has 0 aliphatic heterocycles. The van der Waals surface area contributed by atoms with Gasteiger partial charge < -0.3 is 11.1 Å². The lowest BCUT2D eigenvalue weighted by molar-refractivity contribution is -0.383. The van der Waals surface area contributed by atoms with Crippen LogP contribution in [0, 0.1) is 10.1 Å². The first-order valence-corrected chi connectivity index (χ1v) is 6.90. The van der Waals surface area contributed by atoms with E-state index >= 15 is 0 Å². The quantitative estimate of drug-likeness (QED) is 0.482. The predicted octanol–water partition coefficient (Wildman–Crippen LogP) is 3.61. The van der Waals surface area contributed by atoms with E-state index in [0.29, 0.717) is 11.4 Å². The summed E-state index contributed by atoms with van der Waals surface area (Å²) >= 11 is 0. The number of hydrogen-bond acceptors (Lipinski definition) is 4. The molecule has 0 fully saturated rings. The van der Waals surface area contributed by atoms with Crippen molar-refractivity contribution in [3.63, 3.8) is 0 Å². The van der Waals surface area contributed by atoms with Crippen molar-refractivity contribution in [3.8, 4) is 0 Å². The highest BCUT2D eigenvalue weighted by atomic mass is 16.6. The second-order valence-electron chi connectivity index (χ2n) is 5.10. The molecule has 2 aromatic rings. The topological polar surface area (TPSA) is 81.2 Å². The van der Waals surface area contributed by atoms with Crippen molar-refractivity contribution < 1.29 is 4.92 Å². The van der Waals surface area contributed by atoms with Gasteiger partial charge in [0.05, 0.1) is 4.92 Å². The summed E-state index contributed by atoms with van der Waals surface area (Å²) in [6.07, 6.45) is 1.82. The molecule has 5 nitrogen and oxygen atoms in total. The molecule has 0 heterocycles. The maximum absolute atomic E-state index is 11.0. The molecule has 5 heteroatoms. The van der Waals surface area contributed by atoms with Crippen LogP contribution in [0.5, 0.6) is 0 Å². The Labute approximate surface area is 123 Å². The van der Waals surface area contributed by atoms with Crippen LogP contribution in [-0.4, -0.2) is 11.0 Å². The lowest BCUT2D eigenvalue weighted by atomic mass is 10.1. The fourth-order valence-corrected chi connectivity index (χ4v) is 2.19. The van der Waals surface area contributed by atoms with Crippen molar-refractivity contribution >= 4 is 17.1 Å². The molecule has 0 amide bonds. The maximum Gasteiger partial charge on any atom is 0.294 e. The number of nitrogens with zero attached hydrogens (tertiary/aromatic N) is 1. The van der Waals surface area contributed by atoms with E-state index in [2.05, 4.69) is 17.4 Å². The van der Waals surface area contributed by atoms with Gasteiger partial charge in [0.2, 0.25) is 0 Å². The fraction of sp³-hybridized carbons (Fsp3) is 0.250. The van der Waals surface area contributed by atoms with Crippen molar-refractivity contribution in [2.24, 2.45) is 0 Å². The van der Waals surface area contributed by atoms with Gasteiger partial charge in [0.1, 0.15) is 5.69 Å². The predicted molar refractivity (Wildman–Crippen MR) is 85.4 cm³/mol. The third-order valence-corrected chi connectivity index (χ3v) is 3.33. The van der Waals surface area contributed by atoms with E-state index in [1.165, 1.54) is 11.6 Å². The smallest absolute Gasteiger partial charge is 0.294 e. The Morgan fingerprint density at radius 2 is 1.95 bits per heavy atom. The van der Waals surface area contributed by atoms with E-state index in [1.807, 2.05) is 25.1 Å². The summed E-state index contributed by atoms with van der Waals surface area (Å²) in [6, 6.07) is 15.0. The molecule has 0 saturated heterocycles. The van der Waals surface area contributed by atoms with Gasteiger partial charge in [-0.15, -0.1) is 0 Å². The summed E-state index contributed by atoms with van der Waals surface area (Å²) < 4.78 is 0. The third kappa shape index (κ3) is 4.21. The van der Waals surface area contributed by atoms with Crippen LogP contribution in [0.1, 0.15) is 18.9 Å². The van der Waals surface area contributed by atoms with Crippen molar-refractivity contribution in [1.82, 2.24) is 0 Å². The highest BCUT2D eigenvalue weighted by Crippen LogP contribution is 2.27. The molecule has 0 bridgehead atoms. The summed E-state index contributed by atoms with van der Waals surface area (Å²) in [7, 11) is 0. The van der Waals surface area contributed by atoms with E-state index in [0.717, 1.165) is 12.8 Å². The first kappa shape index (κ1) is 14.8. The minimum atomic E-state index is -0.414. The molecule has 2 aromatic carbocycles. The Hall–Kier alpha value is -2.56. The number of benzene rings is 2.